The van der Waals surface area contributed by atoms with Crippen LogP contribution in [0.2, 0.25) is 0 Å². The molecule has 0 atom stereocenters. The Labute approximate surface area is 148 Å². The van der Waals surface area contributed by atoms with Crippen LogP contribution >= 0.6 is 11.3 Å². The molecule has 3 aromatic rings. The van der Waals surface area contributed by atoms with Gasteiger partial charge in [0.05, 0.1) is 18.6 Å². The summed E-state index contributed by atoms with van der Waals surface area (Å²) >= 11 is 1.38. The molecule has 0 aliphatic heterocycles. The molecule has 0 bridgehead atoms. The third kappa shape index (κ3) is 3.71. The molecular weight excluding hydrogens is 340 g/mol. The van der Waals surface area contributed by atoms with Crippen LogP contribution in [0.5, 0.6) is 0 Å². The molecule has 0 saturated heterocycles. The first-order valence-electron chi connectivity index (χ1n) is 8.05. The Bertz CT molecular complexity index is 913. The second-order valence-electron chi connectivity index (χ2n) is 5.38. The molecule has 6 nitrogen and oxygen atoms in total. The summed E-state index contributed by atoms with van der Waals surface area (Å²) in [4.78, 5) is 25.5. The van der Waals surface area contributed by atoms with E-state index in [0.29, 0.717) is 21.8 Å². The molecule has 0 fully saturated rings. The topological polar surface area (TPSA) is 81.4 Å². The van der Waals surface area contributed by atoms with Crippen LogP contribution < -0.4 is 5.32 Å². The zero-order valence-electron chi connectivity index (χ0n) is 14.0. The molecule has 0 radical (unpaired) electrons. The van der Waals surface area contributed by atoms with Gasteiger partial charge in [-0.25, -0.2) is 4.79 Å². The average Bonchev–Trinajstić information content (AvgIpc) is 3.19. The lowest BCUT2D eigenvalue weighted by molar-refractivity contribution is -0.115. The van der Waals surface area contributed by atoms with E-state index >= 15 is 0 Å². The van der Waals surface area contributed by atoms with E-state index in [9.17, 15) is 9.59 Å². The van der Waals surface area contributed by atoms with Crippen LogP contribution in [-0.4, -0.2) is 23.6 Å². The number of carbonyl (C=O) groups excluding carboxylic acids is 2. The summed E-state index contributed by atoms with van der Waals surface area (Å²) in [6.45, 7) is 4.03. The van der Waals surface area contributed by atoms with Crippen LogP contribution in [0.25, 0.3) is 11.0 Å². The van der Waals surface area contributed by atoms with Gasteiger partial charge in [0.25, 0.3) is 0 Å². The number of rotatable bonds is 6. The average molecular weight is 358 g/mol. The zero-order valence-corrected chi connectivity index (χ0v) is 14.8. The maximum Gasteiger partial charge on any atom is 0.341 e. The lowest BCUT2D eigenvalue weighted by Gasteiger charge is -2.05. The van der Waals surface area contributed by atoms with Gasteiger partial charge in [-0.3, -0.25) is 4.79 Å². The molecule has 3 rings (SSSR count). The predicted octanol–water partition coefficient (Wildman–Crippen LogP) is 3.81. The van der Waals surface area contributed by atoms with Crippen molar-refractivity contribution in [2.75, 3.05) is 11.9 Å². The van der Waals surface area contributed by atoms with Gasteiger partial charge in [0.1, 0.15) is 10.7 Å². The van der Waals surface area contributed by atoms with E-state index in [1.54, 1.807) is 19.1 Å². The quantitative estimate of drug-likeness (QED) is 0.678. The number of nitrogens with one attached hydrogen (secondary N) is 1. The van der Waals surface area contributed by atoms with Crippen molar-refractivity contribution in [2.24, 2.45) is 0 Å². The van der Waals surface area contributed by atoms with Crippen LogP contribution in [0.15, 0.2) is 34.9 Å². The highest BCUT2D eigenvalue weighted by molar-refractivity contribution is 7.16. The van der Waals surface area contributed by atoms with E-state index in [0.717, 1.165) is 16.7 Å². The Hall–Kier alpha value is -2.67. The van der Waals surface area contributed by atoms with Crippen molar-refractivity contribution in [1.82, 2.24) is 5.16 Å². The lowest BCUT2D eigenvalue weighted by atomic mass is 10.1. The summed E-state index contributed by atoms with van der Waals surface area (Å²) in [7, 11) is 0. The Morgan fingerprint density at radius 1 is 1.28 bits per heavy atom. The number of ether oxygens (including phenoxy) is 1. The molecule has 1 N–H and O–H groups in total. The first kappa shape index (κ1) is 17.2. The standard InChI is InChI=1S/C18H18N2O4S/c1-3-11-9-13(18(22)23-4-2)17(25-11)19-16(21)10-14-12-7-5-6-8-15(12)24-20-14/h5-9H,3-4,10H2,1-2H3,(H,19,21). The van der Waals surface area contributed by atoms with Crippen molar-refractivity contribution in [2.45, 2.75) is 26.7 Å². The summed E-state index contributed by atoms with van der Waals surface area (Å²) < 4.78 is 10.3. The van der Waals surface area contributed by atoms with Crippen molar-refractivity contribution >= 4 is 39.2 Å². The molecular formula is C18H18N2O4S. The van der Waals surface area contributed by atoms with Gasteiger partial charge in [0.2, 0.25) is 5.91 Å². The van der Waals surface area contributed by atoms with Crippen LogP contribution in [-0.2, 0) is 22.4 Å². The normalized spacial score (nSPS) is 10.8. The van der Waals surface area contributed by atoms with E-state index in [1.807, 2.05) is 25.1 Å². The molecule has 0 aliphatic rings. The maximum absolute atomic E-state index is 12.4. The van der Waals surface area contributed by atoms with E-state index in [1.165, 1.54) is 11.3 Å². The molecule has 7 heteroatoms. The van der Waals surface area contributed by atoms with Crippen LogP contribution in [0.4, 0.5) is 5.00 Å². The first-order chi connectivity index (χ1) is 12.1. The molecule has 130 valence electrons. The van der Waals surface area contributed by atoms with Gasteiger partial charge >= 0.3 is 5.97 Å². The smallest absolute Gasteiger partial charge is 0.341 e. The first-order valence-corrected chi connectivity index (χ1v) is 8.87. The van der Waals surface area contributed by atoms with Crippen LogP contribution in [0, 0.1) is 0 Å². The molecule has 1 aromatic carbocycles. The number of para-hydroxylation sites is 1. The number of aromatic nitrogens is 1. The Kier molecular flexibility index (Phi) is 5.14. The molecule has 2 heterocycles. The monoisotopic (exact) mass is 358 g/mol. The van der Waals surface area contributed by atoms with Crippen molar-refractivity contribution < 1.29 is 18.8 Å². The largest absolute Gasteiger partial charge is 0.462 e. The number of anilines is 1. The fourth-order valence-electron chi connectivity index (χ4n) is 2.46. The lowest BCUT2D eigenvalue weighted by Crippen LogP contribution is -2.16. The van der Waals surface area contributed by atoms with Gasteiger partial charge in [-0.15, -0.1) is 11.3 Å². The van der Waals surface area contributed by atoms with Gasteiger partial charge in [0, 0.05) is 10.3 Å². The summed E-state index contributed by atoms with van der Waals surface area (Å²) in [6.07, 6.45) is 0.847. The fraction of sp³-hybridized carbons (Fsp3) is 0.278. The Morgan fingerprint density at radius 3 is 2.84 bits per heavy atom. The third-order valence-electron chi connectivity index (χ3n) is 3.66. The highest BCUT2D eigenvalue weighted by Crippen LogP contribution is 2.29. The molecule has 1 amide bonds. The van der Waals surface area contributed by atoms with E-state index in [-0.39, 0.29) is 18.9 Å². The molecule has 0 spiro atoms. The Morgan fingerprint density at radius 2 is 2.08 bits per heavy atom. The highest BCUT2D eigenvalue weighted by atomic mass is 32.1. The van der Waals surface area contributed by atoms with Crippen LogP contribution in [0.1, 0.15) is 34.8 Å². The number of aryl methyl sites for hydroxylation is 1. The minimum absolute atomic E-state index is 0.0681. The summed E-state index contributed by atoms with van der Waals surface area (Å²) in [6, 6.07) is 9.14. The number of hydrogen-bond acceptors (Lipinski definition) is 6. The number of fused-ring (bicyclic) bond motifs is 1. The number of benzene rings is 1. The molecule has 25 heavy (non-hydrogen) atoms. The van der Waals surface area contributed by atoms with E-state index < -0.39 is 5.97 Å². The van der Waals surface area contributed by atoms with E-state index in [4.69, 9.17) is 9.26 Å². The molecule has 2 aromatic heterocycles. The SMILES string of the molecule is CCOC(=O)c1cc(CC)sc1NC(=O)Cc1noc2ccccc12. The minimum atomic E-state index is -0.430. The van der Waals surface area contributed by atoms with Gasteiger partial charge in [0.15, 0.2) is 5.58 Å². The minimum Gasteiger partial charge on any atom is -0.462 e. The number of nitrogens with zero attached hydrogens (tertiary/aromatic N) is 1. The third-order valence-corrected chi connectivity index (χ3v) is 4.85. The highest BCUT2D eigenvalue weighted by Gasteiger charge is 2.20. The molecule has 0 saturated carbocycles. The second-order valence-corrected chi connectivity index (χ2v) is 6.52. The summed E-state index contributed by atoms with van der Waals surface area (Å²) in [5, 5.41) is 8.08. The molecule has 0 unspecified atom stereocenters. The van der Waals surface area contributed by atoms with Crippen molar-refractivity contribution in [3.8, 4) is 0 Å². The summed E-state index contributed by atoms with van der Waals surface area (Å²) in [5.41, 5.74) is 1.60. The van der Waals surface area contributed by atoms with Crippen molar-refractivity contribution in [1.29, 1.82) is 0 Å². The van der Waals surface area contributed by atoms with Crippen LogP contribution in [0.3, 0.4) is 0 Å². The number of esters is 1. The van der Waals surface area contributed by atoms with Gasteiger partial charge in [-0.1, -0.05) is 24.2 Å². The zero-order chi connectivity index (χ0) is 17.8. The second kappa shape index (κ2) is 7.48. The fourth-order valence-corrected chi connectivity index (χ4v) is 3.46. The van der Waals surface area contributed by atoms with Gasteiger partial charge < -0.3 is 14.6 Å². The molecule has 0 aliphatic carbocycles. The van der Waals surface area contributed by atoms with Crippen molar-refractivity contribution in [3.63, 3.8) is 0 Å². The van der Waals surface area contributed by atoms with E-state index in [2.05, 4.69) is 10.5 Å². The number of hydrogen-bond donors (Lipinski definition) is 1. The number of amides is 1. The maximum atomic E-state index is 12.4. The number of carbonyl (C=O) groups is 2. The van der Waals surface area contributed by atoms with Gasteiger partial charge in [-0.05, 0) is 31.5 Å². The Balaban J connectivity index is 1.78. The predicted molar refractivity (Wildman–Crippen MR) is 96.0 cm³/mol. The van der Waals surface area contributed by atoms with Gasteiger partial charge in [-0.2, -0.15) is 0 Å². The van der Waals surface area contributed by atoms with Crippen molar-refractivity contribution in [3.05, 3.63) is 46.5 Å². The summed E-state index contributed by atoms with van der Waals surface area (Å²) in [5.74, 6) is -0.685. The number of thiophene rings is 1.